The maximum atomic E-state index is 13.2. The maximum absolute atomic E-state index is 13.2. The Morgan fingerprint density at radius 2 is 1.44 bits per heavy atom. The number of ether oxygens (including phenoxy) is 2. The first-order chi connectivity index (χ1) is 15.6. The molecule has 32 heavy (non-hydrogen) atoms. The summed E-state index contributed by atoms with van der Waals surface area (Å²) in [5.74, 6) is 2.07. The maximum Gasteiger partial charge on any atom is 0.238 e. The third-order valence-electron chi connectivity index (χ3n) is 7.54. The minimum atomic E-state index is -0.209. The molecule has 1 aliphatic heterocycles. The number of ketones is 1. The highest BCUT2D eigenvalue weighted by Gasteiger charge is 2.67. The number of rotatable bonds is 6. The molecule has 3 fully saturated rings. The monoisotopic (exact) mass is 429 g/mol. The van der Waals surface area contributed by atoms with E-state index in [1.165, 1.54) is 4.90 Å². The van der Waals surface area contributed by atoms with E-state index < -0.39 is 0 Å². The van der Waals surface area contributed by atoms with Gasteiger partial charge in [0.25, 0.3) is 0 Å². The Labute approximate surface area is 185 Å². The lowest BCUT2D eigenvalue weighted by Gasteiger charge is -2.37. The predicted octanol–water partition coefficient (Wildman–Crippen LogP) is 3.51. The molecule has 2 aromatic carbocycles. The number of allylic oxidation sites excluding steroid dienone is 2. The van der Waals surface area contributed by atoms with Gasteiger partial charge in [-0.15, -0.1) is 0 Å². The van der Waals surface area contributed by atoms with Gasteiger partial charge in [-0.05, 0) is 78.6 Å². The molecule has 2 saturated carbocycles. The summed E-state index contributed by atoms with van der Waals surface area (Å²) in [6, 6.07) is 13.7. The number of hydrogen-bond acceptors (Lipinski definition) is 5. The van der Waals surface area contributed by atoms with Crippen molar-refractivity contribution in [2.45, 2.75) is 6.42 Å². The van der Waals surface area contributed by atoms with Crippen LogP contribution in [-0.4, -0.2) is 31.3 Å². The summed E-state index contributed by atoms with van der Waals surface area (Å²) >= 11 is 0. The molecule has 1 saturated heterocycles. The number of methoxy groups -OCH3 is 1. The fraction of sp³-hybridized carbons (Fsp3) is 0.346. The third kappa shape index (κ3) is 2.82. The number of anilines is 1. The molecule has 0 spiro atoms. The van der Waals surface area contributed by atoms with Gasteiger partial charge < -0.3 is 9.47 Å². The lowest BCUT2D eigenvalue weighted by atomic mass is 9.63. The quantitative estimate of drug-likeness (QED) is 0.399. The van der Waals surface area contributed by atoms with Gasteiger partial charge in [0.2, 0.25) is 11.8 Å². The van der Waals surface area contributed by atoms with Crippen molar-refractivity contribution in [3.05, 3.63) is 66.2 Å². The average molecular weight is 429 g/mol. The van der Waals surface area contributed by atoms with Crippen LogP contribution < -0.4 is 14.4 Å². The molecule has 4 aliphatic carbocycles. The van der Waals surface area contributed by atoms with Crippen LogP contribution in [0.5, 0.6) is 11.5 Å². The van der Waals surface area contributed by atoms with Crippen LogP contribution in [0.4, 0.5) is 5.69 Å². The molecule has 1 heterocycles. The summed E-state index contributed by atoms with van der Waals surface area (Å²) in [6.45, 7) is -0.102. The summed E-state index contributed by atoms with van der Waals surface area (Å²) < 4.78 is 10.7. The molecule has 0 N–H and O–H groups in total. The van der Waals surface area contributed by atoms with Crippen LogP contribution in [0, 0.1) is 35.5 Å². The van der Waals surface area contributed by atoms with Crippen molar-refractivity contribution in [2.75, 3.05) is 18.6 Å². The molecule has 5 aliphatic rings. The Hall–Kier alpha value is -3.41. The van der Waals surface area contributed by atoms with Gasteiger partial charge in [-0.3, -0.25) is 19.3 Å². The zero-order valence-electron chi connectivity index (χ0n) is 17.6. The Balaban J connectivity index is 1.14. The molecule has 2 amide bonds. The highest BCUT2D eigenvalue weighted by Crippen LogP contribution is 2.65. The fourth-order valence-corrected chi connectivity index (χ4v) is 5.91. The van der Waals surface area contributed by atoms with Crippen LogP contribution >= 0.6 is 0 Å². The molecule has 6 heteroatoms. The zero-order chi connectivity index (χ0) is 22.0. The molecule has 2 aromatic rings. The number of carbonyl (C=O) groups excluding carboxylic acids is 3. The molecular formula is C26H23NO5. The Morgan fingerprint density at radius 3 is 2.00 bits per heavy atom. The van der Waals surface area contributed by atoms with Gasteiger partial charge in [-0.25, -0.2) is 0 Å². The van der Waals surface area contributed by atoms with E-state index in [0.717, 1.165) is 6.42 Å². The highest BCUT2D eigenvalue weighted by molar-refractivity contribution is 6.22. The van der Waals surface area contributed by atoms with Crippen molar-refractivity contribution in [1.29, 1.82) is 0 Å². The number of benzene rings is 2. The van der Waals surface area contributed by atoms with E-state index in [1.54, 1.807) is 55.6 Å². The van der Waals surface area contributed by atoms with E-state index in [0.29, 0.717) is 34.6 Å². The number of nitrogens with zero attached hydrogens (tertiary/aromatic N) is 1. The second-order valence-corrected chi connectivity index (χ2v) is 9.10. The van der Waals surface area contributed by atoms with Crippen molar-refractivity contribution < 1.29 is 23.9 Å². The summed E-state index contributed by atoms with van der Waals surface area (Å²) in [7, 11) is 1.57. The van der Waals surface area contributed by atoms with Crippen molar-refractivity contribution in [2.24, 2.45) is 35.5 Å². The topological polar surface area (TPSA) is 72.9 Å². The summed E-state index contributed by atoms with van der Waals surface area (Å²) in [6.07, 6.45) is 5.49. The first-order valence-corrected chi connectivity index (χ1v) is 11.0. The summed E-state index contributed by atoms with van der Waals surface area (Å²) in [5.41, 5.74) is 1.11. The molecule has 6 atom stereocenters. The highest BCUT2D eigenvalue weighted by atomic mass is 16.5. The smallest absolute Gasteiger partial charge is 0.238 e. The van der Waals surface area contributed by atoms with Gasteiger partial charge in [-0.2, -0.15) is 0 Å². The molecule has 7 rings (SSSR count). The lowest BCUT2D eigenvalue weighted by Crippen LogP contribution is -2.40. The number of Topliss-reactive ketones (excluding diaryl/α,β-unsaturated/α-hetero) is 1. The van der Waals surface area contributed by atoms with Gasteiger partial charge in [0, 0.05) is 5.56 Å². The second-order valence-electron chi connectivity index (χ2n) is 9.10. The van der Waals surface area contributed by atoms with Crippen LogP contribution in [0.25, 0.3) is 0 Å². The molecular weight excluding hydrogens is 406 g/mol. The van der Waals surface area contributed by atoms with E-state index in [9.17, 15) is 14.4 Å². The van der Waals surface area contributed by atoms with E-state index in [2.05, 4.69) is 12.2 Å². The van der Waals surface area contributed by atoms with Crippen molar-refractivity contribution >= 4 is 23.3 Å². The predicted molar refractivity (Wildman–Crippen MR) is 116 cm³/mol. The largest absolute Gasteiger partial charge is 0.497 e. The fourth-order valence-electron chi connectivity index (χ4n) is 5.91. The zero-order valence-corrected chi connectivity index (χ0v) is 17.6. The average Bonchev–Trinajstić information content (AvgIpc) is 3.61. The Kier molecular flexibility index (Phi) is 4.25. The van der Waals surface area contributed by atoms with Crippen LogP contribution in [0.1, 0.15) is 16.8 Å². The Morgan fingerprint density at radius 1 is 0.875 bits per heavy atom. The normalized spacial score (nSPS) is 31.3. The van der Waals surface area contributed by atoms with Gasteiger partial charge in [0.1, 0.15) is 11.5 Å². The van der Waals surface area contributed by atoms with Crippen molar-refractivity contribution in [3.63, 3.8) is 0 Å². The number of amides is 2. The third-order valence-corrected chi connectivity index (χ3v) is 7.54. The number of carbonyl (C=O) groups is 3. The molecule has 2 unspecified atom stereocenters. The van der Waals surface area contributed by atoms with Crippen molar-refractivity contribution in [1.82, 2.24) is 0 Å². The van der Waals surface area contributed by atoms with E-state index in [4.69, 9.17) is 9.47 Å². The number of imide groups is 1. The minimum Gasteiger partial charge on any atom is -0.497 e. The summed E-state index contributed by atoms with van der Waals surface area (Å²) in [4.78, 5) is 40.1. The first kappa shape index (κ1) is 19.3. The molecule has 162 valence electrons. The van der Waals surface area contributed by atoms with E-state index in [-0.39, 0.29) is 47.9 Å². The second kappa shape index (κ2) is 7.05. The lowest BCUT2D eigenvalue weighted by molar-refractivity contribution is -0.124. The van der Waals surface area contributed by atoms with Crippen LogP contribution in [0.2, 0.25) is 0 Å². The van der Waals surface area contributed by atoms with Gasteiger partial charge >= 0.3 is 0 Å². The SMILES string of the molecule is COc1ccc(C(=O)COc2ccc(N3C(=O)[C@@H]4[C@H](C3=O)[C@H]3C=C[C@@H]4C4CC43)cc2)cc1. The van der Waals surface area contributed by atoms with Crippen LogP contribution in [-0.2, 0) is 9.59 Å². The van der Waals surface area contributed by atoms with Gasteiger partial charge in [-0.1, -0.05) is 12.2 Å². The molecule has 6 nitrogen and oxygen atoms in total. The minimum absolute atomic E-state index is 0.0759. The van der Waals surface area contributed by atoms with Crippen LogP contribution in [0.3, 0.4) is 0 Å². The van der Waals surface area contributed by atoms with E-state index >= 15 is 0 Å². The van der Waals surface area contributed by atoms with E-state index in [1.807, 2.05) is 0 Å². The first-order valence-electron chi connectivity index (χ1n) is 11.0. The Bertz CT molecular complexity index is 1100. The van der Waals surface area contributed by atoms with Gasteiger partial charge in [0.15, 0.2) is 12.4 Å². The molecule has 0 aromatic heterocycles. The standard InChI is InChI=1S/C26H23NO5/c1-31-16-6-2-14(3-7-16)22(28)13-32-17-8-4-15(5-9-17)27-25(29)23-18-10-11-19(21-12-20(18)21)24(23)26(27)30/h2-11,18-21,23-24H,12-13H2,1H3/t18-,19+,20?,21?,23+,24-. The van der Waals surface area contributed by atoms with Crippen LogP contribution in [0.15, 0.2) is 60.7 Å². The number of hydrogen-bond donors (Lipinski definition) is 0. The summed E-state index contributed by atoms with van der Waals surface area (Å²) in [5, 5.41) is 0. The molecule has 2 bridgehead atoms. The van der Waals surface area contributed by atoms with Gasteiger partial charge in [0.05, 0.1) is 24.6 Å². The molecule has 0 radical (unpaired) electrons. The van der Waals surface area contributed by atoms with Crippen molar-refractivity contribution in [3.8, 4) is 11.5 Å².